The maximum Gasteiger partial charge on any atom is 0.239 e. The van der Waals surface area contributed by atoms with Gasteiger partial charge in [0.1, 0.15) is 0 Å². The Labute approximate surface area is 114 Å². The van der Waals surface area contributed by atoms with Gasteiger partial charge in [0.2, 0.25) is 5.91 Å². The predicted octanol–water partition coefficient (Wildman–Crippen LogP) is 1.98. The van der Waals surface area contributed by atoms with E-state index in [2.05, 4.69) is 21.2 Å². The molecule has 0 saturated heterocycles. The number of carbonyl (C=O) groups is 2. The first-order valence-electron chi connectivity index (χ1n) is 5.85. The normalized spacial score (nSPS) is 14.1. The van der Waals surface area contributed by atoms with Gasteiger partial charge in [-0.3, -0.25) is 9.59 Å². The van der Waals surface area contributed by atoms with E-state index in [-0.39, 0.29) is 12.5 Å². The number of halogens is 1. The Morgan fingerprint density at radius 1 is 1.56 bits per heavy atom. The summed E-state index contributed by atoms with van der Waals surface area (Å²) in [5, 5.41) is 2.93. The van der Waals surface area contributed by atoms with Gasteiger partial charge in [-0.1, -0.05) is 15.9 Å². The number of likely N-dealkylation sites (N-methyl/N-ethyl adjacent to an activating group) is 1. The molecule has 18 heavy (non-hydrogen) atoms. The van der Waals surface area contributed by atoms with E-state index in [0.717, 1.165) is 29.3 Å². The number of hydrogen-bond donors (Lipinski definition) is 1. The van der Waals surface area contributed by atoms with Crippen molar-refractivity contribution < 1.29 is 9.59 Å². The molecule has 1 aromatic rings. The molecule has 0 aliphatic heterocycles. The molecular formula is C13H15BrN2O2. The highest BCUT2D eigenvalue weighted by Crippen LogP contribution is 2.23. The van der Waals surface area contributed by atoms with Gasteiger partial charge in [-0.05, 0) is 31.0 Å². The zero-order valence-electron chi connectivity index (χ0n) is 10.1. The summed E-state index contributed by atoms with van der Waals surface area (Å²) in [5.74, 6) is -0.000215. The maximum absolute atomic E-state index is 11.7. The molecule has 1 aliphatic rings. The van der Waals surface area contributed by atoms with Crippen LogP contribution in [-0.4, -0.2) is 31.8 Å². The van der Waals surface area contributed by atoms with E-state index in [9.17, 15) is 9.59 Å². The van der Waals surface area contributed by atoms with Crippen molar-refractivity contribution in [2.75, 3.05) is 18.5 Å². The summed E-state index contributed by atoms with van der Waals surface area (Å²) in [6.07, 6.45) is 2.95. The molecule has 0 aromatic heterocycles. The summed E-state index contributed by atoms with van der Waals surface area (Å²) in [4.78, 5) is 24.5. The number of hydrogen-bond acceptors (Lipinski definition) is 3. The van der Waals surface area contributed by atoms with Crippen molar-refractivity contribution in [3.8, 4) is 0 Å². The van der Waals surface area contributed by atoms with Crippen LogP contribution in [0.1, 0.15) is 23.2 Å². The number of carbonyl (C=O) groups excluding carboxylic acids is 2. The predicted molar refractivity (Wildman–Crippen MR) is 74.0 cm³/mol. The monoisotopic (exact) mass is 310 g/mol. The van der Waals surface area contributed by atoms with Crippen molar-refractivity contribution in [2.24, 2.45) is 0 Å². The number of aldehydes is 1. The first-order valence-corrected chi connectivity index (χ1v) is 6.64. The Morgan fingerprint density at radius 3 is 2.89 bits per heavy atom. The third-order valence-electron chi connectivity index (χ3n) is 2.85. The topological polar surface area (TPSA) is 49.4 Å². The highest BCUT2D eigenvalue weighted by molar-refractivity contribution is 9.10. The molecule has 1 N–H and O–H groups in total. The van der Waals surface area contributed by atoms with E-state index in [1.54, 1.807) is 11.0 Å². The summed E-state index contributed by atoms with van der Waals surface area (Å²) in [6, 6.07) is 5.80. The van der Waals surface area contributed by atoms with Gasteiger partial charge >= 0.3 is 0 Å². The average Bonchev–Trinajstić information content (AvgIpc) is 3.12. The summed E-state index contributed by atoms with van der Waals surface area (Å²) in [7, 11) is 1.81. The summed E-state index contributed by atoms with van der Waals surface area (Å²) < 4.78 is 0.851. The first kappa shape index (κ1) is 13.1. The van der Waals surface area contributed by atoms with Crippen molar-refractivity contribution in [3.63, 3.8) is 0 Å². The molecule has 0 spiro atoms. The minimum atomic E-state index is -0.000215. The van der Waals surface area contributed by atoms with E-state index >= 15 is 0 Å². The zero-order chi connectivity index (χ0) is 13.1. The smallest absolute Gasteiger partial charge is 0.239 e. The van der Waals surface area contributed by atoms with Gasteiger partial charge in [-0.25, -0.2) is 0 Å². The molecule has 1 aliphatic carbocycles. The fourth-order valence-electron chi connectivity index (χ4n) is 1.77. The second-order valence-corrected chi connectivity index (χ2v) is 5.43. The molecule has 1 saturated carbocycles. The van der Waals surface area contributed by atoms with Crippen LogP contribution in [0.25, 0.3) is 0 Å². The Kier molecular flexibility index (Phi) is 4.01. The van der Waals surface area contributed by atoms with E-state index < -0.39 is 0 Å². The summed E-state index contributed by atoms with van der Waals surface area (Å²) in [5.41, 5.74) is 1.34. The molecule has 0 atom stereocenters. The van der Waals surface area contributed by atoms with Crippen LogP contribution in [0, 0.1) is 0 Å². The van der Waals surface area contributed by atoms with Crippen LogP contribution in [0.3, 0.4) is 0 Å². The van der Waals surface area contributed by atoms with Gasteiger partial charge in [0.25, 0.3) is 0 Å². The average molecular weight is 311 g/mol. The van der Waals surface area contributed by atoms with Crippen LogP contribution < -0.4 is 10.2 Å². The molecule has 4 nitrogen and oxygen atoms in total. The van der Waals surface area contributed by atoms with E-state index in [1.165, 1.54) is 0 Å². The van der Waals surface area contributed by atoms with Crippen LogP contribution >= 0.6 is 15.9 Å². The molecular weight excluding hydrogens is 296 g/mol. The van der Waals surface area contributed by atoms with Gasteiger partial charge in [-0.2, -0.15) is 0 Å². The van der Waals surface area contributed by atoms with Crippen molar-refractivity contribution in [3.05, 3.63) is 28.2 Å². The fraction of sp³-hybridized carbons (Fsp3) is 0.385. The van der Waals surface area contributed by atoms with Crippen molar-refractivity contribution in [2.45, 2.75) is 18.9 Å². The summed E-state index contributed by atoms with van der Waals surface area (Å²) in [6.45, 7) is 0.263. The Balaban J connectivity index is 2.04. The lowest BCUT2D eigenvalue weighted by atomic mass is 10.2. The lowest BCUT2D eigenvalue weighted by molar-refractivity contribution is -0.119. The van der Waals surface area contributed by atoms with Crippen LogP contribution in [0.5, 0.6) is 0 Å². The number of benzene rings is 1. The Morgan fingerprint density at radius 2 is 2.28 bits per heavy atom. The van der Waals surface area contributed by atoms with E-state index in [1.807, 2.05) is 19.2 Å². The van der Waals surface area contributed by atoms with Gasteiger partial charge in [0.05, 0.1) is 6.54 Å². The van der Waals surface area contributed by atoms with Gasteiger partial charge in [0, 0.05) is 28.8 Å². The highest BCUT2D eigenvalue weighted by atomic mass is 79.9. The minimum absolute atomic E-state index is 0.000215. The third kappa shape index (κ3) is 3.32. The SMILES string of the molecule is CN(CC(=O)NC1CC1)c1ccc(Br)cc1C=O. The van der Waals surface area contributed by atoms with Crippen molar-refractivity contribution in [1.29, 1.82) is 0 Å². The molecule has 1 aromatic carbocycles. The molecule has 2 rings (SSSR count). The van der Waals surface area contributed by atoms with Crippen LogP contribution in [-0.2, 0) is 4.79 Å². The quantitative estimate of drug-likeness (QED) is 0.846. The Bertz CT molecular complexity index is 472. The molecule has 0 bridgehead atoms. The number of nitrogens with zero attached hydrogens (tertiary/aromatic N) is 1. The molecule has 0 unspecified atom stereocenters. The molecule has 0 heterocycles. The third-order valence-corrected chi connectivity index (χ3v) is 3.34. The number of rotatable bonds is 5. The minimum Gasteiger partial charge on any atom is -0.365 e. The summed E-state index contributed by atoms with van der Waals surface area (Å²) >= 11 is 3.32. The lowest BCUT2D eigenvalue weighted by Gasteiger charge is -2.20. The number of amides is 1. The molecule has 0 radical (unpaired) electrons. The largest absolute Gasteiger partial charge is 0.365 e. The number of nitrogens with one attached hydrogen (secondary N) is 1. The van der Waals surface area contributed by atoms with Crippen LogP contribution in [0.4, 0.5) is 5.69 Å². The van der Waals surface area contributed by atoms with Gasteiger partial charge in [0.15, 0.2) is 6.29 Å². The fourth-order valence-corrected chi connectivity index (χ4v) is 2.15. The van der Waals surface area contributed by atoms with Crippen molar-refractivity contribution >= 4 is 33.8 Å². The molecule has 1 amide bonds. The second-order valence-electron chi connectivity index (χ2n) is 4.52. The maximum atomic E-state index is 11.7. The molecule has 96 valence electrons. The van der Waals surface area contributed by atoms with Crippen LogP contribution in [0.2, 0.25) is 0 Å². The highest BCUT2D eigenvalue weighted by Gasteiger charge is 2.23. The molecule has 1 fully saturated rings. The number of anilines is 1. The lowest BCUT2D eigenvalue weighted by Crippen LogP contribution is -2.36. The first-order chi connectivity index (χ1) is 8.60. The van der Waals surface area contributed by atoms with Crippen molar-refractivity contribution in [1.82, 2.24) is 5.32 Å². The van der Waals surface area contributed by atoms with Gasteiger partial charge in [-0.15, -0.1) is 0 Å². The Hall–Kier alpha value is -1.36. The molecule has 5 heteroatoms. The van der Waals surface area contributed by atoms with Gasteiger partial charge < -0.3 is 10.2 Å². The standard InChI is InChI=1S/C13H15BrN2O2/c1-16(7-13(18)15-11-3-4-11)12-5-2-10(14)6-9(12)8-17/h2,5-6,8,11H,3-4,7H2,1H3,(H,15,18). The van der Waals surface area contributed by atoms with E-state index in [0.29, 0.717) is 11.6 Å². The second kappa shape index (κ2) is 5.52. The van der Waals surface area contributed by atoms with E-state index in [4.69, 9.17) is 0 Å². The zero-order valence-corrected chi connectivity index (χ0v) is 11.7. The van der Waals surface area contributed by atoms with Crippen LogP contribution in [0.15, 0.2) is 22.7 Å².